The van der Waals surface area contributed by atoms with Gasteiger partial charge in [-0.05, 0) is 40.1 Å². The number of carbonyl (C=O) groups is 1. The SMILES string of the molecule is C=C(Cl)CN1C(=O)CC(c2ccc(Br)cc2)c2c1ccc1ccccc21. The standard InChI is InChI=1S/C22H17BrClNO/c1-14(24)13-25-20-11-8-15-4-2-3-5-18(15)22(20)19(12-21(25)26)16-6-9-17(23)10-7-16/h2-11,19H,1,12-13H2. The van der Waals surface area contributed by atoms with Crippen molar-refractivity contribution in [2.24, 2.45) is 0 Å². The van der Waals surface area contributed by atoms with Crippen molar-refractivity contribution in [2.75, 3.05) is 11.4 Å². The molecule has 0 N–H and O–H groups in total. The third kappa shape index (κ3) is 3.06. The van der Waals surface area contributed by atoms with Crippen molar-refractivity contribution in [3.05, 3.63) is 87.9 Å². The van der Waals surface area contributed by atoms with E-state index in [-0.39, 0.29) is 11.8 Å². The molecule has 1 unspecified atom stereocenters. The van der Waals surface area contributed by atoms with Gasteiger partial charge in [0.15, 0.2) is 0 Å². The molecular formula is C22H17BrClNO. The van der Waals surface area contributed by atoms with Crippen LogP contribution < -0.4 is 4.90 Å². The minimum Gasteiger partial charge on any atom is -0.307 e. The van der Waals surface area contributed by atoms with E-state index in [9.17, 15) is 4.79 Å². The second-order valence-corrected chi connectivity index (χ2v) is 7.98. The van der Waals surface area contributed by atoms with Crippen LogP contribution in [-0.2, 0) is 4.79 Å². The van der Waals surface area contributed by atoms with Crippen LogP contribution in [0.15, 0.2) is 76.7 Å². The zero-order valence-electron chi connectivity index (χ0n) is 14.1. The molecule has 0 aromatic heterocycles. The molecule has 4 heteroatoms. The molecule has 0 radical (unpaired) electrons. The monoisotopic (exact) mass is 425 g/mol. The van der Waals surface area contributed by atoms with E-state index >= 15 is 0 Å². The third-order valence-corrected chi connectivity index (χ3v) is 5.52. The first-order valence-corrected chi connectivity index (χ1v) is 9.62. The fourth-order valence-electron chi connectivity index (χ4n) is 3.73. The van der Waals surface area contributed by atoms with Crippen LogP contribution in [0.5, 0.6) is 0 Å². The lowest BCUT2D eigenvalue weighted by molar-refractivity contribution is -0.119. The summed E-state index contributed by atoms with van der Waals surface area (Å²) in [6.45, 7) is 4.10. The number of anilines is 1. The van der Waals surface area contributed by atoms with E-state index in [0.717, 1.165) is 15.7 Å². The van der Waals surface area contributed by atoms with Crippen LogP contribution in [0.3, 0.4) is 0 Å². The van der Waals surface area contributed by atoms with Gasteiger partial charge in [0.1, 0.15) is 0 Å². The molecule has 1 aliphatic heterocycles. The van der Waals surface area contributed by atoms with Crippen LogP contribution >= 0.6 is 27.5 Å². The molecule has 1 aliphatic rings. The number of halogens is 2. The van der Waals surface area contributed by atoms with Gasteiger partial charge in [-0.2, -0.15) is 0 Å². The summed E-state index contributed by atoms with van der Waals surface area (Å²) in [4.78, 5) is 14.7. The molecule has 3 aromatic carbocycles. The number of carbonyl (C=O) groups excluding carboxylic acids is 1. The Hall–Kier alpha value is -2.10. The Morgan fingerprint density at radius 3 is 2.58 bits per heavy atom. The van der Waals surface area contributed by atoms with Crippen LogP contribution in [0.4, 0.5) is 5.69 Å². The Morgan fingerprint density at radius 2 is 1.85 bits per heavy atom. The topological polar surface area (TPSA) is 20.3 Å². The van der Waals surface area contributed by atoms with Crippen molar-refractivity contribution in [3.8, 4) is 0 Å². The summed E-state index contributed by atoms with van der Waals surface area (Å²) in [5.74, 6) is 0.0963. The Bertz CT molecular complexity index is 1010. The van der Waals surface area contributed by atoms with Gasteiger partial charge in [-0.3, -0.25) is 4.79 Å². The highest BCUT2D eigenvalue weighted by Gasteiger charge is 2.33. The van der Waals surface area contributed by atoms with Crippen LogP contribution in [0.25, 0.3) is 10.8 Å². The van der Waals surface area contributed by atoms with Gasteiger partial charge in [0.05, 0.1) is 6.54 Å². The predicted molar refractivity (Wildman–Crippen MR) is 112 cm³/mol. The van der Waals surface area contributed by atoms with Crippen molar-refractivity contribution >= 4 is 49.9 Å². The number of nitrogens with zero attached hydrogens (tertiary/aromatic N) is 1. The van der Waals surface area contributed by atoms with Crippen molar-refractivity contribution in [1.29, 1.82) is 0 Å². The highest BCUT2D eigenvalue weighted by molar-refractivity contribution is 9.10. The summed E-state index contributed by atoms with van der Waals surface area (Å²) < 4.78 is 1.03. The average molecular weight is 427 g/mol. The van der Waals surface area contributed by atoms with Crippen molar-refractivity contribution in [2.45, 2.75) is 12.3 Å². The smallest absolute Gasteiger partial charge is 0.228 e. The molecule has 1 amide bonds. The van der Waals surface area contributed by atoms with Gasteiger partial charge in [-0.15, -0.1) is 0 Å². The minimum absolute atomic E-state index is 0.0246. The molecule has 26 heavy (non-hydrogen) atoms. The fraction of sp³-hybridized carbons (Fsp3) is 0.136. The van der Waals surface area contributed by atoms with Gasteiger partial charge in [-0.25, -0.2) is 0 Å². The molecule has 1 atom stereocenters. The van der Waals surface area contributed by atoms with Gasteiger partial charge in [0.2, 0.25) is 5.91 Å². The molecule has 2 nitrogen and oxygen atoms in total. The van der Waals surface area contributed by atoms with Crippen LogP contribution in [0, 0.1) is 0 Å². The van der Waals surface area contributed by atoms with Gasteiger partial charge in [-0.1, -0.05) is 76.6 Å². The van der Waals surface area contributed by atoms with Crippen LogP contribution in [0.1, 0.15) is 23.5 Å². The highest BCUT2D eigenvalue weighted by Crippen LogP contribution is 2.44. The first-order chi connectivity index (χ1) is 12.5. The lowest BCUT2D eigenvalue weighted by atomic mass is 9.81. The minimum atomic E-state index is 0.0246. The molecule has 0 aliphatic carbocycles. The molecular weight excluding hydrogens is 410 g/mol. The van der Waals surface area contributed by atoms with Gasteiger partial charge < -0.3 is 4.90 Å². The maximum atomic E-state index is 12.9. The van der Waals surface area contributed by atoms with E-state index in [4.69, 9.17) is 11.6 Å². The lowest BCUT2D eigenvalue weighted by Crippen LogP contribution is -2.37. The maximum absolute atomic E-state index is 12.9. The van der Waals surface area contributed by atoms with E-state index in [0.29, 0.717) is 18.0 Å². The fourth-order valence-corrected chi connectivity index (χ4v) is 4.12. The molecule has 0 spiro atoms. The summed E-state index contributed by atoms with van der Waals surface area (Å²) in [6.07, 6.45) is 0.423. The van der Waals surface area contributed by atoms with E-state index < -0.39 is 0 Å². The molecule has 130 valence electrons. The largest absolute Gasteiger partial charge is 0.307 e. The highest BCUT2D eigenvalue weighted by atomic mass is 79.9. The number of benzene rings is 3. The summed E-state index contributed by atoms with van der Waals surface area (Å²) in [7, 11) is 0. The van der Waals surface area contributed by atoms with Crippen molar-refractivity contribution in [1.82, 2.24) is 0 Å². The van der Waals surface area contributed by atoms with E-state index in [1.807, 2.05) is 30.3 Å². The predicted octanol–water partition coefficient (Wildman–Crippen LogP) is 6.22. The maximum Gasteiger partial charge on any atom is 0.228 e. The first-order valence-electron chi connectivity index (χ1n) is 8.45. The van der Waals surface area contributed by atoms with E-state index in [1.165, 1.54) is 16.3 Å². The summed E-state index contributed by atoms with van der Waals surface area (Å²) in [6, 6.07) is 20.6. The Labute approximate surface area is 166 Å². The second-order valence-electron chi connectivity index (χ2n) is 6.52. The molecule has 0 bridgehead atoms. The van der Waals surface area contributed by atoms with Crippen LogP contribution in [-0.4, -0.2) is 12.5 Å². The average Bonchev–Trinajstić information content (AvgIpc) is 2.63. The number of amides is 1. The second kappa shape index (κ2) is 6.90. The Balaban J connectivity index is 1.96. The molecule has 4 rings (SSSR count). The molecule has 0 fully saturated rings. The number of hydrogen-bond acceptors (Lipinski definition) is 1. The molecule has 1 heterocycles. The van der Waals surface area contributed by atoms with Crippen molar-refractivity contribution < 1.29 is 4.79 Å². The normalized spacial score (nSPS) is 16.6. The Morgan fingerprint density at radius 1 is 1.12 bits per heavy atom. The zero-order valence-corrected chi connectivity index (χ0v) is 16.4. The van der Waals surface area contributed by atoms with Crippen LogP contribution in [0.2, 0.25) is 0 Å². The molecule has 3 aromatic rings. The number of rotatable bonds is 3. The third-order valence-electron chi connectivity index (χ3n) is 4.87. The summed E-state index contributed by atoms with van der Waals surface area (Å²) in [5, 5.41) is 2.81. The number of fused-ring (bicyclic) bond motifs is 3. The first kappa shape index (κ1) is 17.3. The summed E-state index contributed by atoms with van der Waals surface area (Å²) in [5.41, 5.74) is 3.25. The van der Waals surface area contributed by atoms with Gasteiger partial charge in [0.25, 0.3) is 0 Å². The Kier molecular flexibility index (Phi) is 4.60. The zero-order chi connectivity index (χ0) is 18.3. The number of hydrogen-bond donors (Lipinski definition) is 0. The van der Waals surface area contributed by atoms with Gasteiger partial charge >= 0.3 is 0 Å². The lowest BCUT2D eigenvalue weighted by Gasteiger charge is -2.35. The quantitative estimate of drug-likeness (QED) is 0.486. The van der Waals surface area contributed by atoms with E-state index in [2.05, 4.69) is 52.8 Å². The van der Waals surface area contributed by atoms with Gasteiger partial charge in [0, 0.05) is 27.5 Å². The molecule has 0 saturated heterocycles. The van der Waals surface area contributed by atoms with E-state index in [1.54, 1.807) is 4.90 Å². The van der Waals surface area contributed by atoms with Crippen molar-refractivity contribution in [3.63, 3.8) is 0 Å². The molecule has 0 saturated carbocycles. The summed E-state index contributed by atoms with van der Waals surface area (Å²) >= 11 is 9.53.